The molecule has 5 heteroatoms. The Morgan fingerprint density at radius 2 is 1.93 bits per heavy atom. The van der Waals surface area contributed by atoms with Crippen molar-refractivity contribution in [1.82, 2.24) is 9.97 Å². The summed E-state index contributed by atoms with van der Waals surface area (Å²) in [5, 5.41) is 13.4. The summed E-state index contributed by atoms with van der Waals surface area (Å²) in [5.41, 5.74) is 0. The first-order valence-electron chi connectivity index (χ1n) is 5.18. The van der Waals surface area contributed by atoms with E-state index in [4.69, 9.17) is 11.6 Å². The van der Waals surface area contributed by atoms with Gasteiger partial charge in [0.15, 0.2) is 0 Å². The fourth-order valence-electron chi connectivity index (χ4n) is 1.83. The fourth-order valence-corrected chi connectivity index (χ4v) is 1.93. The zero-order valence-corrected chi connectivity index (χ0v) is 9.11. The van der Waals surface area contributed by atoms with Crippen molar-refractivity contribution in [2.24, 2.45) is 0 Å². The van der Waals surface area contributed by atoms with Crippen LogP contribution in [-0.2, 0) is 0 Å². The molecule has 0 radical (unpaired) electrons. The highest BCUT2D eigenvalue weighted by molar-refractivity contribution is 6.30. The van der Waals surface area contributed by atoms with Crippen LogP contribution in [0.4, 0.5) is 5.95 Å². The Morgan fingerprint density at radius 1 is 1.27 bits per heavy atom. The fraction of sp³-hybridized carbons (Fsp3) is 0.600. The van der Waals surface area contributed by atoms with E-state index in [2.05, 4.69) is 15.3 Å². The van der Waals surface area contributed by atoms with Gasteiger partial charge >= 0.3 is 0 Å². The van der Waals surface area contributed by atoms with Gasteiger partial charge in [0.1, 0.15) is 0 Å². The van der Waals surface area contributed by atoms with Crippen LogP contribution in [0.15, 0.2) is 12.4 Å². The van der Waals surface area contributed by atoms with Crippen LogP contribution in [0.5, 0.6) is 0 Å². The lowest BCUT2D eigenvalue weighted by atomic mass is 9.93. The number of halogens is 1. The van der Waals surface area contributed by atoms with Gasteiger partial charge in [-0.3, -0.25) is 0 Å². The lowest BCUT2D eigenvalue weighted by molar-refractivity contribution is 0.116. The summed E-state index contributed by atoms with van der Waals surface area (Å²) in [6, 6.07) is 0.0694. The Kier molecular flexibility index (Phi) is 3.38. The van der Waals surface area contributed by atoms with E-state index in [9.17, 15) is 5.11 Å². The third-order valence-corrected chi connectivity index (χ3v) is 2.86. The third-order valence-electron chi connectivity index (χ3n) is 2.66. The van der Waals surface area contributed by atoms with Crippen molar-refractivity contribution in [1.29, 1.82) is 0 Å². The number of nitrogens with one attached hydrogen (secondary N) is 1. The first-order chi connectivity index (χ1) is 7.25. The Morgan fingerprint density at radius 3 is 2.60 bits per heavy atom. The Labute approximate surface area is 93.7 Å². The molecule has 1 saturated carbocycles. The molecule has 0 saturated heterocycles. The predicted molar refractivity (Wildman–Crippen MR) is 58.9 cm³/mol. The highest BCUT2D eigenvalue weighted by Gasteiger charge is 2.23. The van der Waals surface area contributed by atoms with E-state index in [0.29, 0.717) is 11.0 Å². The van der Waals surface area contributed by atoms with Crippen LogP contribution in [0.3, 0.4) is 0 Å². The second-order valence-corrected chi connectivity index (χ2v) is 4.26. The number of aromatic nitrogens is 2. The smallest absolute Gasteiger partial charge is 0.222 e. The first-order valence-corrected chi connectivity index (χ1v) is 5.55. The number of rotatable bonds is 2. The van der Waals surface area contributed by atoms with Crippen LogP contribution >= 0.6 is 11.6 Å². The van der Waals surface area contributed by atoms with Crippen molar-refractivity contribution in [2.75, 3.05) is 5.32 Å². The molecular weight excluding hydrogens is 214 g/mol. The maximum Gasteiger partial charge on any atom is 0.222 e. The van der Waals surface area contributed by atoms with Gasteiger partial charge in [0.05, 0.1) is 29.6 Å². The van der Waals surface area contributed by atoms with Gasteiger partial charge in [-0.15, -0.1) is 0 Å². The summed E-state index contributed by atoms with van der Waals surface area (Å²) < 4.78 is 0. The largest absolute Gasteiger partial charge is 0.391 e. The second-order valence-electron chi connectivity index (χ2n) is 3.83. The van der Waals surface area contributed by atoms with E-state index in [0.717, 1.165) is 25.7 Å². The minimum Gasteiger partial charge on any atom is -0.391 e. The highest BCUT2D eigenvalue weighted by atomic mass is 35.5. The monoisotopic (exact) mass is 227 g/mol. The molecule has 1 fully saturated rings. The molecule has 82 valence electrons. The van der Waals surface area contributed by atoms with Crippen LogP contribution in [-0.4, -0.2) is 27.2 Å². The molecule has 4 nitrogen and oxygen atoms in total. The van der Waals surface area contributed by atoms with Crippen molar-refractivity contribution in [3.63, 3.8) is 0 Å². The van der Waals surface area contributed by atoms with Gasteiger partial charge in [0.2, 0.25) is 5.95 Å². The summed E-state index contributed by atoms with van der Waals surface area (Å²) in [5.74, 6) is 0.533. The molecule has 1 aliphatic rings. The lowest BCUT2D eigenvalue weighted by Crippen LogP contribution is -2.36. The van der Waals surface area contributed by atoms with E-state index in [1.165, 1.54) is 0 Å². The van der Waals surface area contributed by atoms with Gasteiger partial charge in [-0.1, -0.05) is 24.4 Å². The van der Waals surface area contributed by atoms with Crippen LogP contribution in [0.2, 0.25) is 5.02 Å². The summed E-state index contributed by atoms with van der Waals surface area (Å²) in [6.45, 7) is 0. The highest BCUT2D eigenvalue weighted by Crippen LogP contribution is 2.20. The molecule has 1 aliphatic carbocycles. The summed E-state index contributed by atoms with van der Waals surface area (Å²) in [7, 11) is 0. The van der Waals surface area contributed by atoms with Crippen LogP contribution < -0.4 is 5.32 Å². The van der Waals surface area contributed by atoms with Crippen LogP contribution in [0.25, 0.3) is 0 Å². The molecule has 1 aromatic rings. The molecule has 0 spiro atoms. The van der Waals surface area contributed by atoms with Gasteiger partial charge in [-0.25, -0.2) is 9.97 Å². The Hall–Kier alpha value is -0.870. The van der Waals surface area contributed by atoms with Crippen molar-refractivity contribution >= 4 is 17.5 Å². The van der Waals surface area contributed by atoms with E-state index in [1.807, 2.05) is 0 Å². The molecule has 2 rings (SSSR count). The zero-order valence-electron chi connectivity index (χ0n) is 8.36. The quantitative estimate of drug-likeness (QED) is 0.810. The molecule has 1 heterocycles. The van der Waals surface area contributed by atoms with Crippen molar-refractivity contribution in [3.8, 4) is 0 Å². The summed E-state index contributed by atoms with van der Waals surface area (Å²) in [6.07, 6.45) is 6.86. The first kappa shape index (κ1) is 10.6. The standard InChI is InChI=1S/C10H14ClN3O/c11-7-5-12-10(13-6-7)14-8-3-1-2-4-9(8)15/h5-6,8-9,15H,1-4H2,(H,12,13,14). The molecule has 2 atom stereocenters. The van der Waals surface area contributed by atoms with Gasteiger partial charge < -0.3 is 10.4 Å². The zero-order chi connectivity index (χ0) is 10.7. The van der Waals surface area contributed by atoms with Crippen molar-refractivity contribution < 1.29 is 5.11 Å². The molecule has 0 aliphatic heterocycles. The average molecular weight is 228 g/mol. The van der Waals surface area contributed by atoms with Gasteiger partial charge in [-0.05, 0) is 12.8 Å². The maximum atomic E-state index is 9.74. The van der Waals surface area contributed by atoms with Gasteiger partial charge in [0.25, 0.3) is 0 Å². The molecule has 0 amide bonds. The predicted octanol–water partition coefficient (Wildman–Crippen LogP) is 1.85. The minimum atomic E-state index is -0.293. The van der Waals surface area contributed by atoms with Crippen LogP contribution in [0.1, 0.15) is 25.7 Å². The van der Waals surface area contributed by atoms with Gasteiger partial charge in [0, 0.05) is 0 Å². The van der Waals surface area contributed by atoms with E-state index in [1.54, 1.807) is 12.4 Å². The molecule has 0 bridgehead atoms. The maximum absolute atomic E-state index is 9.74. The summed E-state index contributed by atoms with van der Waals surface area (Å²) in [4.78, 5) is 8.08. The Balaban J connectivity index is 1.98. The molecule has 2 N–H and O–H groups in total. The molecular formula is C10H14ClN3O. The minimum absolute atomic E-state index is 0.0694. The SMILES string of the molecule is OC1CCCCC1Nc1ncc(Cl)cn1. The van der Waals surface area contributed by atoms with E-state index in [-0.39, 0.29) is 12.1 Å². The molecule has 1 aromatic heterocycles. The number of aliphatic hydroxyl groups excluding tert-OH is 1. The second kappa shape index (κ2) is 4.77. The third kappa shape index (κ3) is 2.79. The van der Waals surface area contributed by atoms with Crippen molar-refractivity contribution in [2.45, 2.75) is 37.8 Å². The van der Waals surface area contributed by atoms with Crippen molar-refractivity contribution in [3.05, 3.63) is 17.4 Å². The number of hydrogen-bond acceptors (Lipinski definition) is 4. The molecule has 0 aromatic carbocycles. The number of hydrogen-bond donors (Lipinski definition) is 2. The normalized spacial score (nSPS) is 26.3. The molecule has 2 unspecified atom stereocenters. The number of nitrogens with zero attached hydrogens (tertiary/aromatic N) is 2. The van der Waals surface area contributed by atoms with E-state index >= 15 is 0 Å². The van der Waals surface area contributed by atoms with E-state index < -0.39 is 0 Å². The number of aliphatic hydroxyl groups is 1. The lowest BCUT2D eigenvalue weighted by Gasteiger charge is -2.28. The Bertz CT molecular complexity index is 317. The van der Waals surface area contributed by atoms with Gasteiger partial charge in [-0.2, -0.15) is 0 Å². The average Bonchev–Trinajstić information content (AvgIpc) is 2.25. The topological polar surface area (TPSA) is 58.0 Å². The molecule has 15 heavy (non-hydrogen) atoms. The van der Waals surface area contributed by atoms with Crippen LogP contribution in [0, 0.1) is 0 Å². The number of anilines is 1. The summed E-state index contributed by atoms with van der Waals surface area (Å²) >= 11 is 5.68.